The van der Waals surface area contributed by atoms with Gasteiger partial charge >= 0.3 is 0 Å². The number of benzene rings is 3. The second kappa shape index (κ2) is 13.2. The Balaban J connectivity index is 1.52. The number of rotatable bonds is 12. The lowest BCUT2D eigenvalue weighted by atomic mass is 10.1. The highest BCUT2D eigenvalue weighted by Crippen LogP contribution is 2.26. The molecule has 0 spiro atoms. The summed E-state index contributed by atoms with van der Waals surface area (Å²) in [4.78, 5) is 28.0. The van der Waals surface area contributed by atoms with Gasteiger partial charge in [0.25, 0.3) is 0 Å². The molecule has 0 saturated heterocycles. The van der Waals surface area contributed by atoms with E-state index in [4.69, 9.17) is 9.84 Å². The van der Waals surface area contributed by atoms with Crippen molar-refractivity contribution in [2.45, 2.75) is 32.6 Å². The molecule has 0 atom stereocenters. The van der Waals surface area contributed by atoms with E-state index in [0.29, 0.717) is 25.2 Å². The molecular formula is C31H34N4O3. The van der Waals surface area contributed by atoms with Crippen LogP contribution in [0.1, 0.15) is 31.7 Å². The van der Waals surface area contributed by atoms with Crippen molar-refractivity contribution < 1.29 is 14.3 Å². The number of aryl methyl sites for hydroxylation is 1. The average Bonchev–Trinajstić information content (AvgIpc) is 3.38. The number of nitrogens with zero attached hydrogens (tertiary/aromatic N) is 3. The Kier molecular flexibility index (Phi) is 9.29. The summed E-state index contributed by atoms with van der Waals surface area (Å²) in [6, 6.07) is 29.1. The second-order valence-corrected chi connectivity index (χ2v) is 9.09. The molecule has 1 heterocycles. The fourth-order valence-electron chi connectivity index (χ4n) is 4.19. The van der Waals surface area contributed by atoms with Crippen LogP contribution in [0, 0.1) is 0 Å². The maximum absolute atomic E-state index is 13.2. The number of unbranched alkanes of at least 4 members (excludes halogenated alkanes) is 1. The zero-order valence-corrected chi connectivity index (χ0v) is 22.0. The van der Waals surface area contributed by atoms with E-state index in [0.717, 1.165) is 41.1 Å². The molecule has 0 aliphatic heterocycles. The van der Waals surface area contributed by atoms with Crippen LogP contribution in [0.4, 0.5) is 5.82 Å². The van der Waals surface area contributed by atoms with E-state index in [1.807, 2.05) is 91.0 Å². The summed E-state index contributed by atoms with van der Waals surface area (Å²) in [6.07, 6.45) is 2.79. The van der Waals surface area contributed by atoms with Crippen LogP contribution in [-0.4, -0.2) is 46.7 Å². The quantitative estimate of drug-likeness (QED) is 0.263. The molecule has 4 aromatic rings. The van der Waals surface area contributed by atoms with Gasteiger partial charge in [-0.2, -0.15) is 5.10 Å². The lowest BCUT2D eigenvalue weighted by Gasteiger charge is -2.22. The molecule has 1 N–H and O–H groups in total. The third kappa shape index (κ3) is 7.09. The zero-order valence-electron chi connectivity index (χ0n) is 22.0. The normalized spacial score (nSPS) is 10.7. The van der Waals surface area contributed by atoms with Crippen molar-refractivity contribution in [3.63, 3.8) is 0 Å². The number of amides is 2. The van der Waals surface area contributed by atoms with Crippen LogP contribution >= 0.6 is 0 Å². The van der Waals surface area contributed by atoms with Gasteiger partial charge in [-0.05, 0) is 42.7 Å². The van der Waals surface area contributed by atoms with Gasteiger partial charge in [0.2, 0.25) is 11.8 Å². The number of nitrogens with one attached hydrogen (secondary N) is 1. The third-order valence-corrected chi connectivity index (χ3v) is 6.30. The summed E-state index contributed by atoms with van der Waals surface area (Å²) < 4.78 is 6.99. The average molecular weight is 511 g/mol. The first-order valence-corrected chi connectivity index (χ1v) is 13.0. The minimum Gasteiger partial charge on any atom is -0.497 e. The van der Waals surface area contributed by atoms with Crippen molar-refractivity contribution in [2.75, 3.05) is 25.5 Å². The Morgan fingerprint density at radius 2 is 1.63 bits per heavy atom. The Bertz CT molecular complexity index is 1320. The van der Waals surface area contributed by atoms with Crippen LogP contribution in [-0.2, 0) is 16.0 Å². The molecule has 0 bridgehead atoms. The lowest BCUT2D eigenvalue weighted by Crippen LogP contribution is -2.39. The number of methoxy groups -OCH3 is 1. The van der Waals surface area contributed by atoms with E-state index >= 15 is 0 Å². The molecule has 0 aliphatic rings. The highest BCUT2D eigenvalue weighted by Gasteiger charge is 2.19. The number of ether oxygens (including phenoxy) is 1. The molecule has 7 heteroatoms. The predicted octanol–water partition coefficient (Wildman–Crippen LogP) is 5.75. The maximum atomic E-state index is 13.2. The molecule has 1 aromatic heterocycles. The molecule has 0 radical (unpaired) electrons. The Labute approximate surface area is 224 Å². The van der Waals surface area contributed by atoms with E-state index < -0.39 is 0 Å². The first-order chi connectivity index (χ1) is 18.6. The van der Waals surface area contributed by atoms with E-state index in [2.05, 4.69) is 12.2 Å². The summed E-state index contributed by atoms with van der Waals surface area (Å²) in [5.74, 6) is 0.982. The van der Waals surface area contributed by atoms with Crippen LogP contribution < -0.4 is 10.1 Å². The number of hydrogen-bond acceptors (Lipinski definition) is 4. The van der Waals surface area contributed by atoms with Gasteiger partial charge in [0.05, 0.1) is 25.0 Å². The summed E-state index contributed by atoms with van der Waals surface area (Å²) in [5, 5.41) is 7.77. The number of hydrogen-bond donors (Lipinski definition) is 1. The van der Waals surface area contributed by atoms with Crippen molar-refractivity contribution in [1.29, 1.82) is 0 Å². The number of aromatic nitrogens is 2. The van der Waals surface area contributed by atoms with Crippen LogP contribution in [0.25, 0.3) is 16.9 Å². The van der Waals surface area contributed by atoms with E-state index in [1.54, 1.807) is 16.7 Å². The number of carbonyl (C=O) groups is 2. The van der Waals surface area contributed by atoms with Crippen molar-refractivity contribution in [1.82, 2.24) is 14.7 Å². The van der Waals surface area contributed by atoms with Gasteiger partial charge < -0.3 is 15.0 Å². The van der Waals surface area contributed by atoms with Crippen LogP contribution in [0.2, 0.25) is 0 Å². The van der Waals surface area contributed by atoms with E-state index in [1.165, 1.54) is 0 Å². The lowest BCUT2D eigenvalue weighted by molar-refractivity contribution is -0.134. The molecule has 196 valence electrons. The van der Waals surface area contributed by atoms with Crippen LogP contribution in [0.15, 0.2) is 91.0 Å². The summed E-state index contributed by atoms with van der Waals surface area (Å²) >= 11 is 0. The van der Waals surface area contributed by atoms with Crippen LogP contribution in [0.3, 0.4) is 0 Å². The molecule has 0 fully saturated rings. The van der Waals surface area contributed by atoms with Gasteiger partial charge in [0, 0.05) is 24.6 Å². The van der Waals surface area contributed by atoms with Gasteiger partial charge in [-0.1, -0.05) is 74.0 Å². The van der Waals surface area contributed by atoms with Crippen molar-refractivity contribution in [3.8, 4) is 22.7 Å². The van der Waals surface area contributed by atoms with Crippen molar-refractivity contribution in [2.24, 2.45) is 0 Å². The SMILES string of the molecule is CCCCN(CC(=O)Nc1cc(-c2ccccc2)nn1-c1ccc(OC)cc1)C(=O)CCc1ccccc1. The van der Waals surface area contributed by atoms with Gasteiger partial charge in [0.1, 0.15) is 11.6 Å². The minimum atomic E-state index is -0.261. The van der Waals surface area contributed by atoms with Gasteiger partial charge in [-0.3, -0.25) is 9.59 Å². The van der Waals surface area contributed by atoms with Gasteiger partial charge in [0.15, 0.2) is 0 Å². The first kappa shape index (κ1) is 26.7. The number of carbonyl (C=O) groups excluding carboxylic acids is 2. The van der Waals surface area contributed by atoms with E-state index in [9.17, 15) is 9.59 Å². The topological polar surface area (TPSA) is 76.5 Å². The molecular weight excluding hydrogens is 476 g/mol. The molecule has 0 saturated carbocycles. The van der Waals surface area contributed by atoms with Crippen molar-refractivity contribution >= 4 is 17.6 Å². The monoisotopic (exact) mass is 510 g/mol. The standard InChI is InChI=1S/C31H34N4O3/c1-3-4-21-34(31(37)20-15-24-11-7-5-8-12-24)23-30(36)32-29-22-28(25-13-9-6-10-14-25)33-35(29)26-16-18-27(38-2)19-17-26/h5-14,16-19,22H,3-4,15,20-21,23H2,1-2H3,(H,32,36). The fourth-order valence-corrected chi connectivity index (χ4v) is 4.19. The Morgan fingerprint density at radius 1 is 0.947 bits per heavy atom. The van der Waals surface area contributed by atoms with Crippen LogP contribution in [0.5, 0.6) is 5.75 Å². The molecule has 4 rings (SSSR count). The predicted molar refractivity (Wildman–Crippen MR) is 150 cm³/mol. The summed E-state index contributed by atoms with van der Waals surface area (Å²) in [5.41, 5.74) is 3.57. The highest BCUT2D eigenvalue weighted by molar-refractivity contribution is 5.94. The number of anilines is 1. The minimum absolute atomic E-state index is 0.0118. The first-order valence-electron chi connectivity index (χ1n) is 13.0. The smallest absolute Gasteiger partial charge is 0.245 e. The summed E-state index contributed by atoms with van der Waals surface area (Å²) in [6.45, 7) is 2.61. The molecule has 3 aromatic carbocycles. The van der Waals surface area contributed by atoms with E-state index in [-0.39, 0.29) is 18.4 Å². The largest absolute Gasteiger partial charge is 0.497 e. The zero-order chi connectivity index (χ0) is 26.7. The summed E-state index contributed by atoms with van der Waals surface area (Å²) in [7, 11) is 1.62. The Hall–Kier alpha value is -4.39. The fraction of sp³-hybridized carbons (Fsp3) is 0.258. The maximum Gasteiger partial charge on any atom is 0.245 e. The highest BCUT2D eigenvalue weighted by atomic mass is 16.5. The molecule has 2 amide bonds. The van der Waals surface area contributed by atoms with Crippen molar-refractivity contribution in [3.05, 3.63) is 96.6 Å². The molecule has 38 heavy (non-hydrogen) atoms. The molecule has 0 unspecified atom stereocenters. The second-order valence-electron chi connectivity index (χ2n) is 9.09. The Morgan fingerprint density at radius 3 is 2.29 bits per heavy atom. The van der Waals surface area contributed by atoms with Gasteiger partial charge in [-0.25, -0.2) is 4.68 Å². The molecule has 0 aliphatic carbocycles. The molecule has 7 nitrogen and oxygen atoms in total. The van der Waals surface area contributed by atoms with Gasteiger partial charge in [-0.15, -0.1) is 0 Å². The third-order valence-electron chi connectivity index (χ3n) is 6.30.